The van der Waals surface area contributed by atoms with Gasteiger partial charge in [-0.3, -0.25) is 4.57 Å². The first-order valence-electron chi connectivity index (χ1n) is 5.12. The second-order valence-electron chi connectivity index (χ2n) is 3.97. The fourth-order valence-corrected chi connectivity index (χ4v) is 2.61. The average Bonchev–Trinajstić information content (AvgIpc) is 2.84. The zero-order chi connectivity index (χ0) is 10.3. The molecule has 0 spiro atoms. The van der Waals surface area contributed by atoms with Gasteiger partial charge in [0.15, 0.2) is 5.65 Å². The summed E-state index contributed by atoms with van der Waals surface area (Å²) < 4.78 is 1.98. The van der Waals surface area contributed by atoms with Crippen molar-refractivity contribution in [2.45, 2.75) is 30.7 Å². The van der Waals surface area contributed by atoms with Crippen molar-refractivity contribution in [3.8, 4) is 0 Å². The highest BCUT2D eigenvalue weighted by atomic mass is 35.5. The van der Waals surface area contributed by atoms with Gasteiger partial charge in [0.25, 0.3) is 0 Å². The quantitative estimate of drug-likeness (QED) is 0.696. The van der Waals surface area contributed by atoms with Gasteiger partial charge in [0.05, 0.1) is 12.5 Å². The zero-order valence-electron chi connectivity index (χ0n) is 8.23. The van der Waals surface area contributed by atoms with Gasteiger partial charge in [-0.25, -0.2) is 15.0 Å². The molecule has 2 aromatic rings. The molecule has 0 N–H and O–H groups in total. The Hall–Kier alpha value is -1.16. The molecule has 0 amide bonds. The van der Waals surface area contributed by atoms with E-state index in [1.54, 1.807) is 12.5 Å². The number of alkyl halides is 1. The van der Waals surface area contributed by atoms with Crippen LogP contribution in [0.15, 0.2) is 18.9 Å². The van der Waals surface area contributed by atoms with Crippen LogP contribution in [-0.4, -0.2) is 19.5 Å². The summed E-state index contributed by atoms with van der Waals surface area (Å²) in [6, 6.07) is 0. The molecule has 1 saturated carbocycles. The van der Waals surface area contributed by atoms with Crippen molar-refractivity contribution in [1.29, 1.82) is 0 Å². The molecule has 15 heavy (non-hydrogen) atoms. The summed E-state index contributed by atoms with van der Waals surface area (Å²) in [6.45, 7) is 0. The van der Waals surface area contributed by atoms with Crippen LogP contribution in [0.3, 0.4) is 0 Å². The second-order valence-corrected chi connectivity index (χ2v) is 4.67. The van der Waals surface area contributed by atoms with E-state index in [2.05, 4.69) is 15.0 Å². The topological polar surface area (TPSA) is 43.6 Å². The third-order valence-electron chi connectivity index (χ3n) is 3.01. The number of nitrogens with zero attached hydrogens (tertiary/aromatic N) is 4. The van der Waals surface area contributed by atoms with Crippen molar-refractivity contribution in [2.24, 2.45) is 0 Å². The van der Waals surface area contributed by atoms with Gasteiger partial charge >= 0.3 is 0 Å². The van der Waals surface area contributed by atoms with Crippen molar-refractivity contribution >= 4 is 22.8 Å². The Morgan fingerprint density at radius 2 is 2.07 bits per heavy atom. The van der Waals surface area contributed by atoms with E-state index in [4.69, 9.17) is 11.6 Å². The first-order valence-corrected chi connectivity index (χ1v) is 5.50. The van der Waals surface area contributed by atoms with Crippen molar-refractivity contribution in [2.75, 3.05) is 0 Å². The molecule has 5 heteroatoms. The highest BCUT2D eigenvalue weighted by Crippen LogP contribution is 2.41. The lowest BCUT2D eigenvalue weighted by molar-refractivity contribution is 0.454. The Bertz CT molecular complexity index is 487. The molecule has 1 fully saturated rings. The Balaban J connectivity index is 2.18. The molecular formula is C10H11ClN4. The zero-order valence-corrected chi connectivity index (χ0v) is 8.98. The van der Waals surface area contributed by atoms with Crippen LogP contribution in [0.25, 0.3) is 11.2 Å². The molecule has 0 saturated heterocycles. The van der Waals surface area contributed by atoms with E-state index in [1.807, 2.05) is 4.57 Å². The predicted molar refractivity (Wildman–Crippen MR) is 57.6 cm³/mol. The first-order chi connectivity index (χ1) is 7.30. The Morgan fingerprint density at radius 3 is 2.87 bits per heavy atom. The van der Waals surface area contributed by atoms with E-state index in [-0.39, 0.29) is 5.00 Å². The van der Waals surface area contributed by atoms with Gasteiger partial charge in [0.1, 0.15) is 16.8 Å². The van der Waals surface area contributed by atoms with E-state index >= 15 is 0 Å². The molecule has 2 heterocycles. The van der Waals surface area contributed by atoms with Crippen LogP contribution in [0.4, 0.5) is 0 Å². The Kier molecular flexibility index (Phi) is 1.92. The maximum absolute atomic E-state index is 6.58. The number of fused-ring (bicyclic) bond motifs is 1. The minimum atomic E-state index is -0.316. The largest absolute Gasteiger partial charge is 0.295 e. The number of rotatable bonds is 1. The van der Waals surface area contributed by atoms with Crippen LogP contribution < -0.4 is 0 Å². The molecule has 3 rings (SSSR count). The molecular weight excluding hydrogens is 212 g/mol. The predicted octanol–water partition coefficient (Wildman–Crippen LogP) is 2.29. The van der Waals surface area contributed by atoms with Crippen LogP contribution in [0.1, 0.15) is 25.7 Å². The molecule has 0 aliphatic heterocycles. The number of hydrogen-bond donors (Lipinski definition) is 0. The number of aromatic nitrogens is 4. The molecule has 2 aromatic heterocycles. The Labute approximate surface area is 92.3 Å². The summed E-state index contributed by atoms with van der Waals surface area (Å²) in [5.41, 5.74) is 1.64. The molecule has 4 nitrogen and oxygen atoms in total. The summed E-state index contributed by atoms with van der Waals surface area (Å²) in [7, 11) is 0. The third-order valence-corrected chi connectivity index (χ3v) is 3.57. The highest BCUT2D eigenvalue weighted by molar-refractivity contribution is 6.22. The summed E-state index contributed by atoms with van der Waals surface area (Å²) in [5.74, 6) is 0. The lowest BCUT2D eigenvalue weighted by Gasteiger charge is -2.22. The van der Waals surface area contributed by atoms with Gasteiger partial charge in [-0.05, 0) is 25.7 Å². The molecule has 0 bridgehead atoms. The van der Waals surface area contributed by atoms with E-state index < -0.39 is 0 Å². The SMILES string of the molecule is ClC1(n2cnc3cncnc32)CCCC1. The van der Waals surface area contributed by atoms with Crippen molar-refractivity contribution in [3.05, 3.63) is 18.9 Å². The molecule has 1 aliphatic rings. The summed E-state index contributed by atoms with van der Waals surface area (Å²) in [5, 5.41) is 0. The van der Waals surface area contributed by atoms with Crippen LogP contribution in [0.5, 0.6) is 0 Å². The van der Waals surface area contributed by atoms with Crippen LogP contribution in [-0.2, 0) is 5.00 Å². The normalized spacial score (nSPS) is 19.8. The maximum Gasteiger partial charge on any atom is 0.164 e. The second kappa shape index (κ2) is 3.17. The minimum absolute atomic E-state index is 0.316. The van der Waals surface area contributed by atoms with Crippen molar-refractivity contribution < 1.29 is 0 Å². The molecule has 1 aliphatic carbocycles. The molecule has 0 aromatic carbocycles. The summed E-state index contributed by atoms with van der Waals surface area (Å²) >= 11 is 6.58. The minimum Gasteiger partial charge on any atom is -0.295 e. The van der Waals surface area contributed by atoms with Gasteiger partial charge in [-0.1, -0.05) is 11.6 Å². The van der Waals surface area contributed by atoms with Gasteiger partial charge in [0, 0.05) is 0 Å². The standard InChI is InChI=1S/C10H11ClN4/c11-10(3-1-2-4-10)15-7-14-8-5-12-6-13-9(8)15/h5-7H,1-4H2. The summed E-state index contributed by atoms with van der Waals surface area (Å²) in [6.07, 6.45) is 9.36. The Morgan fingerprint density at radius 1 is 1.27 bits per heavy atom. The number of hydrogen-bond acceptors (Lipinski definition) is 3. The molecule has 78 valence electrons. The van der Waals surface area contributed by atoms with Crippen molar-refractivity contribution in [1.82, 2.24) is 19.5 Å². The van der Waals surface area contributed by atoms with E-state index in [1.165, 1.54) is 19.2 Å². The van der Waals surface area contributed by atoms with E-state index in [0.717, 1.165) is 24.0 Å². The van der Waals surface area contributed by atoms with Gasteiger partial charge in [-0.2, -0.15) is 0 Å². The monoisotopic (exact) mass is 222 g/mol. The van der Waals surface area contributed by atoms with E-state index in [0.29, 0.717) is 0 Å². The average molecular weight is 223 g/mol. The molecule has 0 atom stereocenters. The fraction of sp³-hybridized carbons (Fsp3) is 0.500. The number of halogens is 1. The highest BCUT2D eigenvalue weighted by Gasteiger charge is 2.34. The summed E-state index contributed by atoms with van der Waals surface area (Å²) in [4.78, 5) is 12.1. The smallest absolute Gasteiger partial charge is 0.164 e. The fourth-order valence-electron chi connectivity index (χ4n) is 2.22. The van der Waals surface area contributed by atoms with E-state index in [9.17, 15) is 0 Å². The lowest BCUT2D eigenvalue weighted by atomic mass is 10.2. The van der Waals surface area contributed by atoms with Gasteiger partial charge in [0.2, 0.25) is 0 Å². The van der Waals surface area contributed by atoms with Gasteiger partial charge < -0.3 is 0 Å². The lowest BCUT2D eigenvalue weighted by Crippen LogP contribution is -2.22. The van der Waals surface area contributed by atoms with Crippen molar-refractivity contribution in [3.63, 3.8) is 0 Å². The maximum atomic E-state index is 6.58. The third kappa shape index (κ3) is 1.32. The van der Waals surface area contributed by atoms with Crippen LogP contribution in [0.2, 0.25) is 0 Å². The van der Waals surface area contributed by atoms with Crippen LogP contribution >= 0.6 is 11.6 Å². The number of imidazole rings is 1. The first kappa shape index (κ1) is 9.09. The van der Waals surface area contributed by atoms with Gasteiger partial charge in [-0.15, -0.1) is 0 Å². The van der Waals surface area contributed by atoms with Crippen LogP contribution in [0, 0.1) is 0 Å². The molecule has 0 unspecified atom stereocenters. The molecule has 0 radical (unpaired) electrons.